The maximum Gasteiger partial charge on any atom is 0.0975 e. The van der Waals surface area contributed by atoms with Crippen molar-refractivity contribution in [3.05, 3.63) is 49.9 Å². The highest BCUT2D eigenvalue weighted by molar-refractivity contribution is 9.10. The van der Waals surface area contributed by atoms with Crippen LogP contribution < -0.4 is 5.32 Å². The van der Waals surface area contributed by atoms with E-state index in [-0.39, 0.29) is 0 Å². The second-order valence-corrected chi connectivity index (χ2v) is 7.26. The fourth-order valence-corrected chi connectivity index (χ4v) is 3.63. The standard InChI is InChI=1S/C16H21BrN2S/c1-4-14-15(10-18-11(2)3)20-16(19-14)9-12-6-5-7-13(17)8-12/h5-8,11,18H,4,9-10H2,1-3H3. The number of hydrogen-bond donors (Lipinski definition) is 1. The Balaban J connectivity index is 2.12. The van der Waals surface area contributed by atoms with Gasteiger partial charge in [0.25, 0.3) is 0 Å². The van der Waals surface area contributed by atoms with Crippen LogP contribution in [0.25, 0.3) is 0 Å². The third kappa shape index (κ3) is 4.40. The first-order valence-corrected chi connectivity index (χ1v) is 8.64. The predicted molar refractivity (Wildman–Crippen MR) is 90.4 cm³/mol. The van der Waals surface area contributed by atoms with E-state index in [1.165, 1.54) is 21.1 Å². The summed E-state index contributed by atoms with van der Waals surface area (Å²) >= 11 is 5.36. The predicted octanol–water partition coefficient (Wildman–Crippen LogP) is 4.56. The average Bonchev–Trinajstić information content (AvgIpc) is 2.78. The van der Waals surface area contributed by atoms with Gasteiger partial charge in [-0.1, -0.05) is 48.8 Å². The van der Waals surface area contributed by atoms with Gasteiger partial charge in [0.15, 0.2) is 0 Å². The van der Waals surface area contributed by atoms with E-state index in [1.807, 2.05) is 11.3 Å². The van der Waals surface area contributed by atoms with Crippen LogP contribution in [0, 0.1) is 0 Å². The van der Waals surface area contributed by atoms with Gasteiger partial charge >= 0.3 is 0 Å². The smallest absolute Gasteiger partial charge is 0.0975 e. The molecule has 0 saturated heterocycles. The van der Waals surface area contributed by atoms with Gasteiger partial charge < -0.3 is 5.32 Å². The van der Waals surface area contributed by atoms with E-state index in [2.05, 4.69) is 66.3 Å². The number of nitrogens with one attached hydrogen (secondary N) is 1. The monoisotopic (exact) mass is 352 g/mol. The van der Waals surface area contributed by atoms with Crippen LogP contribution in [0.4, 0.5) is 0 Å². The Morgan fingerprint density at radius 3 is 2.80 bits per heavy atom. The molecule has 0 atom stereocenters. The molecule has 108 valence electrons. The normalized spacial score (nSPS) is 11.2. The molecule has 1 heterocycles. The summed E-state index contributed by atoms with van der Waals surface area (Å²) < 4.78 is 1.13. The Labute approximate surface area is 133 Å². The van der Waals surface area contributed by atoms with Crippen LogP contribution in [0.2, 0.25) is 0 Å². The fraction of sp³-hybridized carbons (Fsp3) is 0.438. The minimum absolute atomic E-state index is 0.510. The van der Waals surface area contributed by atoms with Gasteiger partial charge in [-0.25, -0.2) is 4.98 Å². The number of halogens is 1. The molecule has 1 N–H and O–H groups in total. The summed E-state index contributed by atoms with van der Waals surface area (Å²) in [6, 6.07) is 8.97. The number of benzene rings is 1. The van der Waals surface area contributed by atoms with Crippen LogP contribution in [0.15, 0.2) is 28.7 Å². The Morgan fingerprint density at radius 2 is 2.15 bits per heavy atom. The molecule has 0 saturated carbocycles. The van der Waals surface area contributed by atoms with Crippen molar-refractivity contribution in [2.24, 2.45) is 0 Å². The molecule has 0 aliphatic rings. The van der Waals surface area contributed by atoms with E-state index in [9.17, 15) is 0 Å². The number of thiazole rings is 1. The Bertz CT molecular complexity index is 563. The van der Waals surface area contributed by atoms with E-state index >= 15 is 0 Å². The molecule has 2 rings (SSSR count). The largest absolute Gasteiger partial charge is 0.310 e. The first-order valence-electron chi connectivity index (χ1n) is 7.03. The highest BCUT2D eigenvalue weighted by Crippen LogP contribution is 2.23. The minimum Gasteiger partial charge on any atom is -0.310 e. The Hall–Kier alpha value is -0.710. The fourth-order valence-electron chi connectivity index (χ4n) is 2.05. The molecule has 0 amide bonds. The highest BCUT2D eigenvalue weighted by Gasteiger charge is 2.10. The van der Waals surface area contributed by atoms with Gasteiger partial charge in [0.2, 0.25) is 0 Å². The molecule has 1 aromatic heterocycles. The van der Waals surface area contributed by atoms with Crippen LogP contribution >= 0.6 is 27.3 Å². The minimum atomic E-state index is 0.510. The van der Waals surface area contributed by atoms with E-state index in [0.717, 1.165) is 23.9 Å². The lowest BCUT2D eigenvalue weighted by Crippen LogP contribution is -2.21. The number of aromatic nitrogens is 1. The zero-order valence-corrected chi connectivity index (χ0v) is 14.6. The van der Waals surface area contributed by atoms with Crippen molar-refractivity contribution in [1.29, 1.82) is 0 Å². The van der Waals surface area contributed by atoms with Gasteiger partial charge in [0.05, 0.1) is 10.7 Å². The lowest BCUT2D eigenvalue weighted by Gasteiger charge is -2.06. The molecule has 1 aromatic carbocycles. The molecule has 0 aliphatic carbocycles. The number of nitrogens with zero attached hydrogens (tertiary/aromatic N) is 1. The highest BCUT2D eigenvalue weighted by atomic mass is 79.9. The molecule has 4 heteroatoms. The van der Waals surface area contributed by atoms with Gasteiger partial charge in [-0.3, -0.25) is 0 Å². The first kappa shape index (κ1) is 15.7. The summed E-state index contributed by atoms with van der Waals surface area (Å²) in [6.45, 7) is 7.46. The maximum absolute atomic E-state index is 4.79. The van der Waals surface area contributed by atoms with Gasteiger partial charge in [0, 0.05) is 28.4 Å². The average molecular weight is 353 g/mol. The van der Waals surface area contributed by atoms with Crippen molar-refractivity contribution in [3.63, 3.8) is 0 Å². The van der Waals surface area contributed by atoms with Crippen LogP contribution in [0.3, 0.4) is 0 Å². The van der Waals surface area contributed by atoms with Crippen LogP contribution in [0.1, 0.15) is 41.9 Å². The molecular weight excluding hydrogens is 332 g/mol. The molecule has 0 radical (unpaired) electrons. The topological polar surface area (TPSA) is 24.9 Å². The van der Waals surface area contributed by atoms with Crippen LogP contribution in [-0.2, 0) is 19.4 Å². The van der Waals surface area contributed by atoms with Gasteiger partial charge in [-0.15, -0.1) is 11.3 Å². The lowest BCUT2D eigenvalue weighted by atomic mass is 10.2. The van der Waals surface area contributed by atoms with Gasteiger partial charge in [0.1, 0.15) is 0 Å². The number of hydrogen-bond acceptors (Lipinski definition) is 3. The molecule has 0 aliphatic heterocycles. The van der Waals surface area contributed by atoms with E-state index in [1.54, 1.807) is 0 Å². The third-order valence-corrected chi connectivity index (χ3v) is 4.66. The van der Waals surface area contributed by atoms with Gasteiger partial charge in [-0.2, -0.15) is 0 Å². The second-order valence-electron chi connectivity index (χ2n) is 5.17. The van der Waals surface area contributed by atoms with Crippen molar-refractivity contribution < 1.29 is 0 Å². The van der Waals surface area contributed by atoms with Crippen LogP contribution in [0.5, 0.6) is 0 Å². The van der Waals surface area contributed by atoms with Crippen molar-refractivity contribution in [3.8, 4) is 0 Å². The summed E-state index contributed by atoms with van der Waals surface area (Å²) in [4.78, 5) is 6.18. The number of aryl methyl sites for hydroxylation is 1. The quantitative estimate of drug-likeness (QED) is 0.824. The first-order chi connectivity index (χ1) is 9.58. The Kier molecular flexibility index (Phi) is 5.75. The molecule has 2 nitrogen and oxygen atoms in total. The third-order valence-electron chi connectivity index (χ3n) is 3.07. The molecule has 20 heavy (non-hydrogen) atoms. The second kappa shape index (κ2) is 7.34. The molecular formula is C16H21BrN2S. The summed E-state index contributed by atoms with van der Waals surface area (Å²) in [6.07, 6.45) is 1.92. The maximum atomic E-state index is 4.79. The lowest BCUT2D eigenvalue weighted by molar-refractivity contribution is 0.590. The van der Waals surface area contributed by atoms with E-state index in [0.29, 0.717) is 6.04 Å². The van der Waals surface area contributed by atoms with E-state index < -0.39 is 0 Å². The zero-order chi connectivity index (χ0) is 14.5. The Morgan fingerprint density at radius 1 is 1.35 bits per heavy atom. The summed E-state index contributed by atoms with van der Waals surface area (Å²) in [7, 11) is 0. The van der Waals surface area contributed by atoms with E-state index in [4.69, 9.17) is 4.98 Å². The SMILES string of the molecule is CCc1nc(Cc2cccc(Br)c2)sc1CNC(C)C. The summed E-state index contributed by atoms with van der Waals surface area (Å²) in [5, 5.41) is 4.69. The molecule has 0 fully saturated rings. The van der Waals surface area contributed by atoms with Crippen LogP contribution in [-0.4, -0.2) is 11.0 Å². The van der Waals surface area contributed by atoms with Crippen molar-refractivity contribution >= 4 is 27.3 Å². The molecule has 0 spiro atoms. The molecule has 2 aromatic rings. The van der Waals surface area contributed by atoms with Crippen molar-refractivity contribution in [1.82, 2.24) is 10.3 Å². The molecule has 0 bridgehead atoms. The molecule has 0 unspecified atom stereocenters. The summed E-state index contributed by atoms with van der Waals surface area (Å²) in [5.74, 6) is 0. The summed E-state index contributed by atoms with van der Waals surface area (Å²) in [5.41, 5.74) is 2.55. The van der Waals surface area contributed by atoms with Crippen molar-refractivity contribution in [2.45, 2.75) is 46.2 Å². The van der Waals surface area contributed by atoms with Gasteiger partial charge in [-0.05, 0) is 24.1 Å². The zero-order valence-electron chi connectivity index (χ0n) is 12.2. The van der Waals surface area contributed by atoms with Crippen molar-refractivity contribution in [2.75, 3.05) is 0 Å². The number of rotatable bonds is 6.